The van der Waals surface area contributed by atoms with Crippen molar-refractivity contribution >= 4 is 29.1 Å². The number of hydrogen-bond acceptors (Lipinski definition) is 6. The third-order valence-electron chi connectivity index (χ3n) is 4.31. The fourth-order valence-corrected chi connectivity index (χ4v) is 2.97. The number of hydrogen-bond donors (Lipinski definition) is 4. The van der Waals surface area contributed by atoms with Crippen LogP contribution in [0.3, 0.4) is 0 Å². The minimum absolute atomic E-state index is 0.103. The second-order valence-corrected chi connectivity index (χ2v) is 6.70. The van der Waals surface area contributed by atoms with Gasteiger partial charge >= 0.3 is 0 Å². The third-order valence-corrected chi connectivity index (χ3v) is 4.55. The van der Waals surface area contributed by atoms with Gasteiger partial charge in [-0.25, -0.2) is 4.98 Å². The number of aryl methyl sites for hydroxylation is 1. The molecule has 0 aliphatic heterocycles. The van der Waals surface area contributed by atoms with E-state index in [0.29, 0.717) is 16.5 Å². The van der Waals surface area contributed by atoms with E-state index in [2.05, 4.69) is 15.3 Å². The number of benzene rings is 2. The highest BCUT2D eigenvalue weighted by Crippen LogP contribution is 2.28. The Morgan fingerprint density at radius 1 is 1.04 bits per heavy atom. The first-order valence-electron chi connectivity index (χ1n) is 8.50. The van der Waals surface area contributed by atoms with Gasteiger partial charge in [0, 0.05) is 28.3 Å². The molecule has 1 aromatic heterocycles. The number of nitrogens with zero attached hydrogens (tertiary/aromatic N) is 2. The second kappa shape index (κ2) is 8.35. The topological polar surface area (TPSA) is 104 Å². The molecular weight excluding hydrogens is 364 g/mol. The molecule has 0 atom stereocenters. The highest BCUT2D eigenvalue weighted by Gasteiger charge is 2.11. The molecule has 3 aromatic rings. The predicted octanol–water partition coefficient (Wildman–Crippen LogP) is 3.50. The average Bonchev–Trinajstić information content (AvgIpc) is 2.65. The summed E-state index contributed by atoms with van der Waals surface area (Å²) in [7, 11) is 0. The van der Waals surface area contributed by atoms with Gasteiger partial charge in [0.15, 0.2) is 0 Å². The van der Waals surface area contributed by atoms with Crippen LogP contribution in [0, 0.1) is 6.92 Å². The maximum Gasteiger partial charge on any atom is 0.222 e. The zero-order valence-corrected chi connectivity index (χ0v) is 15.6. The van der Waals surface area contributed by atoms with Crippen LogP contribution in [-0.2, 0) is 0 Å². The van der Waals surface area contributed by atoms with Crippen molar-refractivity contribution in [3.63, 3.8) is 0 Å². The molecule has 5 N–H and O–H groups in total. The smallest absolute Gasteiger partial charge is 0.222 e. The number of aliphatic hydroxyl groups is 2. The Balaban J connectivity index is 1.88. The van der Waals surface area contributed by atoms with Crippen LogP contribution >= 0.6 is 11.6 Å². The van der Waals surface area contributed by atoms with E-state index in [0.717, 1.165) is 22.4 Å². The highest BCUT2D eigenvalue weighted by atomic mass is 35.5. The van der Waals surface area contributed by atoms with Gasteiger partial charge in [0.2, 0.25) is 5.95 Å². The van der Waals surface area contributed by atoms with Gasteiger partial charge in [-0.05, 0) is 42.3 Å². The molecule has 0 unspecified atom stereocenters. The largest absolute Gasteiger partial charge is 0.396 e. The summed E-state index contributed by atoms with van der Waals surface area (Å²) in [6.45, 7) is 1.77. The minimum atomic E-state index is -0.286. The molecule has 0 amide bonds. The zero-order valence-electron chi connectivity index (χ0n) is 14.9. The van der Waals surface area contributed by atoms with Gasteiger partial charge in [0.05, 0.1) is 18.9 Å². The van der Waals surface area contributed by atoms with Crippen LogP contribution in [0.4, 0.5) is 17.5 Å². The lowest BCUT2D eigenvalue weighted by Crippen LogP contribution is -2.08. The van der Waals surface area contributed by atoms with Crippen molar-refractivity contribution in [2.45, 2.75) is 12.8 Å². The second-order valence-electron chi connectivity index (χ2n) is 6.26. The first-order valence-corrected chi connectivity index (χ1v) is 8.87. The van der Waals surface area contributed by atoms with Crippen LogP contribution in [-0.4, -0.2) is 33.4 Å². The number of nitrogens with one attached hydrogen (secondary N) is 1. The molecule has 0 fully saturated rings. The minimum Gasteiger partial charge on any atom is -0.396 e. The lowest BCUT2D eigenvalue weighted by atomic mass is 10.0. The van der Waals surface area contributed by atoms with Crippen LogP contribution in [0.5, 0.6) is 0 Å². The van der Waals surface area contributed by atoms with E-state index < -0.39 is 0 Å². The summed E-state index contributed by atoms with van der Waals surface area (Å²) >= 11 is 6.11. The summed E-state index contributed by atoms with van der Waals surface area (Å²) < 4.78 is 0. The van der Waals surface area contributed by atoms with Gasteiger partial charge in [0.25, 0.3) is 0 Å². The Morgan fingerprint density at radius 3 is 2.41 bits per heavy atom. The molecule has 0 bridgehead atoms. The number of nitrogens with two attached hydrogens (primary N) is 1. The molecule has 27 heavy (non-hydrogen) atoms. The van der Waals surface area contributed by atoms with E-state index >= 15 is 0 Å². The number of aromatic nitrogens is 2. The van der Waals surface area contributed by atoms with Crippen molar-refractivity contribution in [1.29, 1.82) is 0 Å². The molecule has 140 valence electrons. The molecule has 2 aromatic carbocycles. The maximum absolute atomic E-state index is 9.28. The average molecular weight is 385 g/mol. The highest BCUT2D eigenvalue weighted by molar-refractivity contribution is 6.30. The Bertz CT molecular complexity index is 928. The van der Waals surface area contributed by atoms with Crippen LogP contribution in [0.2, 0.25) is 5.02 Å². The molecule has 1 heterocycles. The van der Waals surface area contributed by atoms with Crippen LogP contribution in [0.15, 0.2) is 48.5 Å². The van der Waals surface area contributed by atoms with Gasteiger partial charge in [-0.1, -0.05) is 29.8 Å². The monoisotopic (exact) mass is 384 g/mol. The molecular formula is C20H21ClN4O2. The molecule has 0 spiro atoms. The van der Waals surface area contributed by atoms with Gasteiger partial charge in [-0.2, -0.15) is 4.98 Å². The van der Waals surface area contributed by atoms with Gasteiger partial charge in [-0.3, -0.25) is 0 Å². The van der Waals surface area contributed by atoms with E-state index in [1.165, 1.54) is 0 Å². The number of rotatable bonds is 6. The number of nitrogen functional groups attached to an aromatic ring is 1. The van der Waals surface area contributed by atoms with Crippen molar-refractivity contribution in [1.82, 2.24) is 9.97 Å². The van der Waals surface area contributed by atoms with Crippen molar-refractivity contribution in [2.24, 2.45) is 0 Å². The lowest BCUT2D eigenvalue weighted by molar-refractivity contribution is 0.192. The van der Waals surface area contributed by atoms with E-state index in [1.54, 1.807) is 0 Å². The van der Waals surface area contributed by atoms with Crippen LogP contribution in [0.25, 0.3) is 11.3 Å². The summed E-state index contributed by atoms with van der Waals surface area (Å²) in [6.07, 6.45) is 0. The van der Waals surface area contributed by atoms with Crippen molar-refractivity contribution in [3.05, 3.63) is 64.7 Å². The van der Waals surface area contributed by atoms with Crippen LogP contribution < -0.4 is 11.1 Å². The van der Waals surface area contributed by atoms with Gasteiger partial charge in [-0.15, -0.1) is 0 Å². The Labute approximate surface area is 162 Å². The van der Waals surface area contributed by atoms with Crippen molar-refractivity contribution in [2.75, 3.05) is 24.3 Å². The summed E-state index contributed by atoms with van der Waals surface area (Å²) in [5.74, 6) is 0.434. The van der Waals surface area contributed by atoms with Crippen LogP contribution in [0.1, 0.15) is 17.0 Å². The molecule has 6 nitrogen and oxygen atoms in total. The number of halogens is 1. The molecule has 0 aliphatic rings. The number of aliphatic hydroxyl groups excluding tert-OH is 2. The zero-order chi connectivity index (χ0) is 19.4. The summed E-state index contributed by atoms with van der Waals surface area (Å²) in [4.78, 5) is 8.56. The predicted molar refractivity (Wildman–Crippen MR) is 108 cm³/mol. The molecule has 0 saturated carbocycles. The summed E-state index contributed by atoms with van der Waals surface area (Å²) in [5, 5.41) is 22.4. The first-order chi connectivity index (χ1) is 13.0. The Morgan fingerprint density at radius 2 is 1.74 bits per heavy atom. The van der Waals surface area contributed by atoms with E-state index in [1.807, 2.05) is 55.5 Å². The fourth-order valence-electron chi connectivity index (χ4n) is 2.79. The molecule has 0 radical (unpaired) electrons. The van der Waals surface area contributed by atoms with Crippen molar-refractivity contribution < 1.29 is 10.2 Å². The SMILES string of the molecule is Cc1ccc(Cl)cc1-c1cc(Nc2ccc(C(CO)CO)cc2)nc(N)n1. The summed E-state index contributed by atoms with van der Waals surface area (Å²) in [5.41, 5.74) is 10.2. The fraction of sp³-hybridized carbons (Fsp3) is 0.200. The normalized spacial score (nSPS) is 11.0. The Kier molecular flexibility index (Phi) is 5.91. The summed E-state index contributed by atoms with van der Waals surface area (Å²) in [6, 6.07) is 14.8. The lowest BCUT2D eigenvalue weighted by Gasteiger charge is -2.13. The van der Waals surface area contributed by atoms with E-state index in [9.17, 15) is 10.2 Å². The molecule has 3 rings (SSSR count). The van der Waals surface area contributed by atoms with Crippen molar-refractivity contribution in [3.8, 4) is 11.3 Å². The quantitative estimate of drug-likeness (QED) is 0.518. The maximum atomic E-state index is 9.28. The number of anilines is 3. The van der Waals surface area contributed by atoms with E-state index in [4.69, 9.17) is 17.3 Å². The first kappa shape index (κ1) is 19.1. The molecule has 7 heteroatoms. The molecule has 0 saturated heterocycles. The van der Waals surface area contributed by atoms with Gasteiger partial charge < -0.3 is 21.3 Å². The third kappa shape index (κ3) is 4.54. The van der Waals surface area contributed by atoms with E-state index in [-0.39, 0.29) is 25.1 Å². The standard InChI is InChI=1S/C20H21ClN4O2/c1-12-2-5-15(21)8-17(12)18-9-19(25-20(22)24-18)23-16-6-3-13(4-7-16)14(10-26)11-27/h2-9,14,26-27H,10-11H2,1H3,(H3,22,23,24,25). The Hall–Kier alpha value is -2.67. The molecule has 0 aliphatic carbocycles. The van der Waals surface area contributed by atoms with Gasteiger partial charge in [0.1, 0.15) is 5.82 Å².